The average Bonchev–Trinajstić information content (AvgIpc) is 3.40. The fraction of sp³-hybridized carbons (Fsp3) is 0.393. The van der Waals surface area contributed by atoms with Gasteiger partial charge in [-0.3, -0.25) is 9.59 Å². The van der Waals surface area contributed by atoms with Gasteiger partial charge in [-0.2, -0.15) is 0 Å². The minimum Gasteiger partial charge on any atom is -0.338 e. The number of nitrogens with zero attached hydrogens (tertiary/aromatic N) is 3. The first kappa shape index (κ1) is 24.9. The number of aromatic nitrogens is 1. The first-order chi connectivity index (χ1) is 17.5. The highest BCUT2D eigenvalue weighted by molar-refractivity contribution is 7.09. The fourth-order valence-corrected chi connectivity index (χ4v) is 6.42. The van der Waals surface area contributed by atoms with Gasteiger partial charge in [-0.15, -0.1) is 11.3 Å². The molecular weight excluding hydrogens is 497 g/mol. The van der Waals surface area contributed by atoms with Gasteiger partial charge in [0.25, 0.3) is 11.8 Å². The second-order valence-electron chi connectivity index (χ2n) is 9.66. The van der Waals surface area contributed by atoms with Crippen LogP contribution in [0.25, 0.3) is 0 Å². The molecule has 8 heteroatoms. The van der Waals surface area contributed by atoms with Crippen molar-refractivity contribution in [3.05, 3.63) is 86.6 Å². The van der Waals surface area contributed by atoms with E-state index in [0.29, 0.717) is 24.7 Å². The predicted molar refractivity (Wildman–Crippen MR) is 140 cm³/mol. The molecule has 0 saturated carbocycles. The largest absolute Gasteiger partial charge is 0.338 e. The third kappa shape index (κ3) is 5.47. The van der Waals surface area contributed by atoms with Gasteiger partial charge in [0, 0.05) is 37.5 Å². The molecule has 5 nitrogen and oxygen atoms in total. The number of hydrogen-bond donors (Lipinski definition) is 0. The van der Waals surface area contributed by atoms with E-state index in [1.807, 2.05) is 16.3 Å². The molecule has 36 heavy (non-hydrogen) atoms. The van der Waals surface area contributed by atoms with Crippen LogP contribution in [0.5, 0.6) is 0 Å². The van der Waals surface area contributed by atoms with Gasteiger partial charge in [0.05, 0.1) is 15.6 Å². The van der Waals surface area contributed by atoms with Crippen molar-refractivity contribution < 1.29 is 14.0 Å². The van der Waals surface area contributed by atoms with Crippen molar-refractivity contribution in [2.45, 2.75) is 38.0 Å². The SMILES string of the molecule is O=C(c1csc(C2CCN(C(=O)c3c(F)cccc3Cl)CC2)n1)N1CCC(Cc2ccccc2)CC1. The van der Waals surface area contributed by atoms with Crippen molar-refractivity contribution in [1.29, 1.82) is 0 Å². The van der Waals surface area contributed by atoms with Gasteiger partial charge < -0.3 is 9.80 Å². The van der Waals surface area contributed by atoms with Crippen molar-refractivity contribution in [3.63, 3.8) is 0 Å². The minimum absolute atomic E-state index is 0.0115. The molecule has 0 spiro atoms. The maximum atomic E-state index is 14.2. The molecule has 3 heterocycles. The molecule has 0 unspecified atom stereocenters. The minimum atomic E-state index is -0.596. The van der Waals surface area contributed by atoms with Crippen LogP contribution in [0.15, 0.2) is 53.9 Å². The third-order valence-corrected chi connectivity index (χ3v) is 8.64. The molecular formula is C28H29ClFN3O2S. The van der Waals surface area contributed by atoms with E-state index in [-0.39, 0.29) is 28.3 Å². The Morgan fingerprint density at radius 2 is 1.58 bits per heavy atom. The average molecular weight is 526 g/mol. The number of thiazole rings is 1. The van der Waals surface area contributed by atoms with Crippen molar-refractivity contribution in [2.75, 3.05) is 26.2 Å². The standard InChI is InChI=1S/C28H29ClFN3O2S/c29-22-7-4-8-23(30)25(22)28(35)33-15-11-21(12-16-33)26-31-24(18-36-26)27(34)32-13-9-20(10-14-32)17-19-5-2-1-3-6-19/h1-8,18,20-21H,9-17H2. The van der Waals surface area contributed by atoms with Crippen LogP contribution in [0, 0.1) is 11.7 Å². The molecule has 0 bridgehead atoms. The Labute approximate surface area is 219 Å². The number of benzene rings is 2. The highest BCUT2D eigenvalue weighted by Gasteiger charge is 2.30. The number of rotatable bonds is 5. The first-order valence-corrected chi connectivity index (χ1v) is 13.8. The lowest BCUT2D eigenvalue weighted by Crippen LogP contribution is -2.39. The molecule has 188 valence electrons. The molecule has 1 aromatic heterocycles. The normalized spacial score (nSPS) is 17.4. The van der Waals surface area contributed by atoms with Gasteiger partial charge in [0.1, 0.15) is 11.5 Å². The zero-order valence-corrected chi connectivity index (χ0v) is 21.6. The molecule has 2 amide bonds. The summed E-state index contributed by atoms with van der Waals surface area (Å²) in [7, 11) is 0. The maximum Gasteiger partial charge on any atom is 0.273 e. The summed E-state index contributed by atoms with van der Waals surface area (Å²) in [5.41, 5.74) is 1.82. The molecule has 0 radical (unpaired) electrons. The predicted octanol–water partition coefficient (Wildman–Crippen LogP) is 6.05. The molecule has 2 fully saturated rings. The Kier molecular flexibility index (Phi) is 7.67. The van der Waals surface area contributed by atoms with Crippen LogP contribution in [-0.4, -0.2) is 52.8 Å². The molecule has 0 aliphatic carbocycles. The summed E-state index contributed by atoms with van der Waals surface area (Å²) in [5, 5.41) is 2.94. The number of carbonyl (C=O) groups is 2. The number of halogens is 2. The summed E-state index contributed by atoms with van der Waals surface area (Å²) >= 11 is 7.60. The molecule has 2 aliphatic rings. The second kappa shape index (κ2) is 11.1. The number of amides is 2. The van der Waals surface area contributed by atoms with Crippen LogP contribution < -0.4 is 0 Å². The van der Waals surface area contributed by atoms with Crippen LogP contribution >= 0.6 is 22.9 Å². The summed E-state index contributed by atoms with van der Waals surface area (Å²) in [6, 6.07) is 14.8. The number of carbonyl (C=O) groups excluding carboxylic acids is 2. The quantitative estimate of drug-likeness (QED) is 0.407. The summed E-state index contributed by atoms with van der Waals surface area (Å²) < 4.78 is 14.2. The Morgan fingerprint density at radius 3 is 2.28 bits per heavy atom. The molecule has 2 saturated heterocycles. The number of piperidine rings is 2. The van der Waals surface area contributed by atoms with Gasteiger partial charge in [-0.1, -0.05) is 48.0 Å². The lowest BCUT2D eigenvalue weighted by Gasteiger charge is -2.32. The summed E-state index contributed by atoms with van der Waals surface area (Å²) in [6.07, 6.45) is 4.54. The van der Waals surface area contributed by atoms with E-state index >= 15 is 0 Å². The molecule has 3 aromatic rings. The highest BCUT2D eigenvalue weighted by atomic mass is 35.5. The van der Waals surface area contributed by atoms with Crippen LogP contribution in [0.1, 0.15) is 63.0 Å². The highest BCUT2D eigenvalue weighted by Crippen LogP contribution is 2.32. The van der Waals surface area contributed by atoms with E-state index in [2.05, 4.69) is 24.3 Å². The summed E-state index contributed by atoms with van der Waals surface area (Å²) in [6.45, 7) is 2.54. The Morgan fingerprint density at radius 1 is 0.917 bits per heavy atom. The smallest absolute Gasteiger partial charge is 0.273 e. The second-order valence-corrected chi connectivity index (χ2v) is 11.0. The lowest BCUT2D eigenvalue weighted by molar-refractivity contribution is 0.0684. The van der Waals surface area contributed by atoms with E-state index in [1.165, 1.54) is 35.1 Å². The number of hydrogen-bond acceptors (Lipinski definition) is 4. The molecule has 0 N–H and O–H groups in total. The van der Waals surface area contributed by atoms with Gasteiger partial charge in [0.2, 0.25) is 0 Å². The Bertz CT molecular complexity index is 1200. The molecule has 0 atom stereocenters. The lowest BCUT2D eigenvalue weighted by atomic mass is 9.90. The molecule has 2 aliphatic heterocycles. The van der Waals surface area contributed by atoms with E-state index in [4.69, 9.17) is 16.6 Å². The van der Waals surface area contributed by atoms with Crippen molar-refractivity contribution in [2.24, 2.45) is 5.92 Å². The Hall–Kier alpha value is -2.77. The summed E-state index contributed by atoms with van der Waals surface area (Å²) in [5.74, 6) is -0.163. The van der Waals surface area contributed by atoms with E-state index in [1.54, 1.807) is 4.90 Å². The van der Waals surface area contributed by atoms with Gasteiger partial charge in [-0.25, -0.2) is 9.37 Å². The summed E-state index contributed by atoms with van der Waals surface area (Å²) in [4.78, 5) is 34.2. The van der Waals surface area contributed by atoms with Crippen LogP contribution in [0.2, 0.25) is 5.02 Å². The number of likely N-dealkylation sites (tertiary alicyclic amines) is 2. The van der Waals surface area contributed by atoms with Crippen LogP contribution in [0.4, 0.5) is 4.39 Å². The van der Waals surface area contributed by atoms with E-state index in [9.17, 15) is 14.0 Å². The van der Waals surface area contributed by atoms with Gasteiger partial charge in [-0.05, 0) is 55.7 Å². The fourth-order valence-electron chi connectivity index (χ4n) is 5.21. The van der Waals surface area contributed by atoms with Gasteiger partial charge in [0.15, 0.2) is 0 Å². The van der Waals surface area contributed by atoms with Crippen molar-refractivity contribution in [3.8, 4) is 0 Å². The van der Waals surface area contributed by atoms with Crippen molar-refractivity contribution in [1.82, 2.24) is 14.8 Å². The molecule has 2 aromatic carbocycles. The monoisotopic (exact) mass is 525 g/mol. The maximum absolute atomic E-state index is 14.2. The first-order valence-electron chi connectivity index (χ1n) is 12.5. The van der Waals surface area contributed by atoms with E-state index in [0.717, 1.165) is 50.2 Å². The zero-order valence-electron chi connectivity index (χ0n) is 20.0. The topological polar surface area (TPSA) is 53.5 Å². The Balaban J connectivity index is 1.13. The molecule has 5 rings (SSSR count). The van der Waals surface area contributed by atoms with Crippen LogP contribution in [0.3, 0.4) is 0 Å². The van der Waals surface area contributed by atoms with Crippen molar-refractivity contribution >= 4 is 34.8 Å². The zero-order chi connectivity index (χ0) is 25.1. The van der Waals surface area contributed by atoms with E-state index < -0.39 is 5.82 Å². The van der Waals surface area contributed by atoms with Gasteiger partial charge >= 0.3 is 0 Å². The third-order valence-electron chi connectivity index (χ3n) is 7.32. The van der Waals surface area contributed by atoms with Crippen LogP contribution in [-0.2, 0) is 6.42 Å².